The molecular weight excluding hydrogens is 352 g/mol. The SMILES string of the molecule is Cc1ccc(C)c(NC(=O)CSc2n[nH]c(N/N=C\c3ccco3)n2)c1. The molecule has 1 amide bonds. The number of aromatic amines is 1. The molecule has 1 aromatic carbocycles. The average Bonchev–Trinajstić information content (AvgIpc) is 3.28. The van der Waals surface area contributed by atoms with Crippen LogP contribution >= 0.6 is 11.8 Å². The summed E-state index contributed by atoms with van der Waals surface area (Å²) in [5.74, 6) is 1.10. The highest BCUT2D eigenvalue weighted by Gasteiger charge is 2.09. The highest BCUT2D eigenvalue weighted by molar-refractivity contribution is 7.99. The van der Waals surface area contributed by atoms with Gasteiger partial charge in [-0.05, 0) is 43.2 Å². The van der Waals surface area contributed by atoms with Gasteiger partial charge in [-0.15, -0.1) is 5.10 Å². The molecule has 0 saturated heterocycles. The van der Waals surface area contributed by atoms with E-state index >= 15 is 0 Å². The predicted octanol–water partition coefficient (Wildman–Crippen LogP) is 3.19. The molecular formula is C17H18N6O2S. The van der Waals surface area contributed by atoms with Crippen molar-refractivity contribution < 1.29 is 9.21 Å². The van der Waals surface area contributed by atoms with Crippen molar-refractivity contribution in [1.29, 1.82) is 0 Å². The van der Waals surface area contributed by atoms with E-state index < -0.39 is 0 Å². The van der Waals surface area contributed by atoms with Gasteiger partial charge in [0.15, 0.2) is 0 Å². The maximum atomic E-state index is 12.1. The zero-order valence-corrected chi connectivity index (χ0v) is 15.1. The molecule has 0 aliphatic rings. The largest absolute Gasteiger partial charge is 0.463 e. The van der Waals surface area contributed by atoms with Gasteiger partial charge >= 0.3 is 0 Å². The molecule has 9 heteroatoms. The highest BCUT2D eigenvalue weighted by Crippen LogP contribution is 2.18. The lowest BCUT2D eigenvalue weighted by atomic mass is 10.1. The number of nitrogens with one attached hydrogen (secondary N) is 3. The fraction of sp³-hybridized carbons (Fsp3) is 0.176. The molecule has 0 spiro atoms. The highest BCUT2D eigenvalue weighted by atomic mass is 32.2. The van der Waals surface area contributed by atoms with E-state index in [-0.39, 0.29) is 11.7 Å². The number of thioether (sulfide) groups is 1. The quantitative estimate of drug-likeness (QED) is 0.335. The number of nitrogens with zero attached hydrogens (tertiary/aromatic N) is 3. The summed E-state index contributed by atoms with van der Waals surface area (Å²) >= 11 is 1.23. The van der Waals surface area contributed by atoms with Gasteiger partial charge in [0.1, 0.15) is 5.76 Å². The van der Waals surface area contributed by atoms with Crippen LogP contribution in [0, 0.1) is 13.8 Å². The van der Waals surface area contributed by atoms with E-state index in [1.165, 1.54) is 18.0 Å². The number of hydrazone groups is 1. The van der Waals surface area contributed by atoms with Crippen LogP contribution in [0.4, 0.5) is 11.6 Å². The minimum absolute atomic E-state index is 0.112. The van der Waals surface area contributed by atoms with Crippen molar-refractivity contribution in [3.63, 3.8) is 0 Å². The molecule has 0 atom stereocenters. The van der Waals surface area contributed by atoms with Crippen molar-refractivity contribution >= 4 is 35.5 Å². The second-order valence-corrected chi connectivity index (χ2v) is 6.45. The van der Waals surface area contributed by atoms with Crippen molar-refractivity contribution in [2.45, 2.75) is 19.0 Å². The minimum atomic E-state index is -0.112. The van der Waals surface area contributed by atoms with Crippen LogP contribution in [0.25, 0.3) is 0 Å². The average molecular weight is 370 g/mol. The summed E-state index contributed by atoms with van der Waals surface area (Å²) in [6.07, 6.45) is 3.08. The Morgan fingerprint density at radius 1 is 1.38 bits per heavy atom. The second kappa shape index (κ2) is 8.34. The van der Waals surface area contributed by atoms with Gasteiger partial charge in [0.05, 0.1) is 18.2 Å². The Bertz CT molecular complexity index is 904. The maximum absolute atomic E-state index is 12.1. The van der Waals surface area contributed by atoms with Crippen molar-refractivity contribution in [1.82, 2.24) is 15.2 Å². The number of carbonyl (C=O) groups is 1. The van der Waals surface area contributed by atoms with Crippen LogP contribution in [0.3, 0.4) is 0 Å². The molecule has 2 heterocycles. The summed E-state index contributed by atoms with van der Waals surface area (Å²) in [7, 11) is 0. The summed E-state index contributed by atoms with van der Waals surface area (Å²) in [5.41, 5.74) is 5.65. The number of anilines is 2. The molecule has 0 aliphatic carbocycles. The number of hydrogen-bond acceptors (Lipinski definition) is 7. The number of rotatable bonds is 7. The number of amides is 1. The fourth-order valence-corrected chi connectivity index (χ4v) is 2.67. The molecule has 26 heavy (non-hydrogen) atoms. The van der Waals surface area contributed by atoms with Crippen LogP contribution in [-0.2, 0) is 4.79 Å². The van der Waals surface area contributed by atoms with Gasteiger partial charge in [-0.2, -0.15) is 10.1 Å². The molecule has 0 radical (unpaired) electrons. The van der Waals surface area contributed by atoms with Gasteiger partial charge in [-0.3, -0.25) is 4.79 Å². The molecule has 0 unspecified atom stereocenters. The number of aromatic nitrogens is 3. The van der Waals surface area contributed by atoms with E-state index in [1.54, 1.807) is 18.4 Å². The van der Waals surface area contributed by atoms with Gasteiger partial charge < -0.3 is 9.73 Å². The van der Waals surface area contributed by atoms with Crippen molar-refractivity contribution in [2.24, 2.45) is 5.10 Å². The normalized spacial score (nSPS) is 11.0. The second-order valence-electron chi connectivity index (χ2n) is 5.51. The van der Waals surface area contributed by atoms with E-state index in [9.17, 15) is 4.79 Å². The fourth-order valence-electron chi connectivity index (χ4n) is 2.07. The van der Waals surface area contributed by atoms with Crippen LogP contribution in [0.15, 0.2) is 51.3 Å². The Morgan fingerprint density at radius 3 is 3.08 bits per heavy atom. The zero-order valence-electron chi connectivity index (χ0n) is 14.3. The van der Waals surface area contributed by atoms with Crippen LogP contribution in [-0.4, -0.2) is 33.1 Å². The third-order valence-electron chi connectivity index (χ3n) is 3.37. The van der Waals surface area contributed by atoms with Gasteiger partial charge in [0.2, 0.25) is 17.0 Å². The molecule has 134 valence electrons. The predicted molar refractivity (Wildman–Crippen MR) is 102 cm³/mol. The Labute approximate surface area is 154 Å². The van der Waals surface area contributed by atoms with E-state index in [4.69, 9.17) is 4.42 Å². The summed E-state index contributed by atoms with van der Waals surface area (Å²) < 4.78 is 5.12. The molecule has 0 fully saturated rings. The van der Waals surface area contributed by atoms with Crippen LogP contribution in [0.2, 0.25) is 0 Å². The van der Waals surface area contributed by atoms with Crippen molar-refractivity contribution in [2.75, 3.05) is 16.5 Å². The third kappa shape index (κ3) is 4.96. The number of H-pyrrole nitrogens is 1. The lowest BCUT2D eigenvalue weighted by Crippen LogP contribution is -2.15. The topological polar surface area (TPSA) is 108 Å². The van der Waals surface area contributed by atoms with Crippen LogP contribution in [0.5, 0.6) is 0 Å². The molecule has 0 saturated carbocycles. The van der Waals surface area contributed by atoms with Crippen LogP contribution < -0.4 is 10.7 Å². The van der Waals surface area contributed by atoms with Crippen molar-refractivity contribution in [3.05, 3.63) is 53.5 Å². The Kier molecular flexibility index (Phi) is 5.69. The first-order valence-corrected chi connectivity index (χ1v) is 8.83. The van der Waals surface area contributed by atoms with E-state index in [1.807, 2.05) is 32.0 Å². The monoisotopic (exact) mass is 370 g/mol. The summed E-state index contributed by atoms with van der Waals surface area (Å²) in [4.78, 5) is 16.3. The lowest BCUT2D eigenvalue weighted by molar-refractivity contribution is -0.113. The number of aryl methyl sites for hydroxylation is 2. The number of carbonyl (C=O) groups excluding carboxylic acids is 1. The molecule has 0 aliphatic heterocycles. The first-order chi connectivity index (χ1) is 12.6. The number of furan rings is 1. The summed E-state index contributed by atoms with van der Waals surface area (Å²) in [6.45, 7) is 3.94. The first kappa shape index (κ1) is 17.7. The molecule has 3 N–H and O–H groups in total. The molecule has 8 nitrogen and oxygen atoms in total. The Hall–Kier alpha value is -3.07. The van der Waals surface area contributed by atoms with Crippen molar-refractivity contribution in [3.8, 4) is 0 Å². The van der Waals surface area contributed by atoms with E-state index in [0.29, 0.717) is 16.9 Å². The molecule has 3 rings (SSSR count). The molecule has 2 aromatic heterocycles. The molecule has 0 bridgehead atoms. The maximum Gasteiger partial charge on any atom is 0.240 e. The lowest BCUT2D eigenvalue weighted by Gasteiger charge is -2.08. The standard InChI is InChI=1S/C17H18N6O2S/c1-11-5-6-12(2)14(8-11)19-15(24)10-26-17-20-16(22-23-17)21-18-9-13-4-3-7-25-13/h3-9H,10H2,1-2H3,(H,19,24)(H2,20,21,22,23)/b18-9-. The molecule has 3 aromatic rings. The number of benzene rings is 1. The van der Waals surface area contributed by atoms with Gasteiger partial charge in [0.25, 0.3) is 0 Å². The smallest absolute Gasteiger partial charge is 0.240 e. The first-order valence-electron chi connectivity index (χ1n) is 7.85. The van der Waals surface area contributed by atoms with Crippen LogP contribution in [0.1, 0.15) is 16.9 Å². The summed E-state index contributed by atoms with van der Waals surface area (Å²) in [5, 5.41) is 14.1. The van der Waals surface area contributed by atoms with Gasteiger partial charge in [-0.25, -0.2) is 10.5 Å². The van der Waals surface area contributed by atoms with Gasteiger partial charge in [-0.1, -0.05) is 23.9 Å². The Morgan fingerprint density at radius 2 is 2.27 bits per heavy atom. The zero-order chi connectivity index (χ0) is 18.4. The third-order valence-corrected chi connectivity index (χ3v) is 4.22. The van der Waals surface area contributed by atoms with E-state index in [0.717, 1.165) is 16.8 Å². The number of hydrogen-bond donors (Lipinski definition) is 3. The summed E-state index contributed by atoms with van der Waals surface area (Å²) in [6, 6.07) is 9.49. The van der Waals surface area contributed by atoms with E-state index in [2.05, 4.69) is 31.0 Å². The minimum Gasteiger partial charge on any atom is -0.463 e. The Balaban J connectivity index is 1.48. The van der Waals surface area contributed by atoms with Gasteiger partial charge in [0, 0.05) is 5.69 Å².